The first-order valence-electron chi connectivity index (χ1n) is 8.05. The molecule has 0 amide bonds. The first kappa shape index (κ1) is 18.3. The van der Waals surface area contributed by atoms with Gasteiger partial charge in [0.05, 0.1) is 24.3 Å². The van der Waals surface area contributed by atoms with E-state index in [1.54, 1.807) is 12.1 Å². The van der Waals surface area contributed by atoms with Crippen LogP contribution in [0.2, 0.25) is 0 Å². The van der Waals surface area contributed by atoms with Crippen LogP contribution in [0.25, 0.3) is 0 Å². The van der Waals surface area contributed by atoms with E-state index in [0.29, 0.717) is 13.2 Å². The van der Waals surface area contributed by atoms with E-state index < -0.39 is 12.9 Å². The highest BCUT2D eigenvalue weighted by atomic mass is 31.2. The lowest BCUT2D eigenvalue weighted by Crippen LogP contribution is -2.36. The molecule has 1 N–H and O–H groups in total. The number of nitro benzene ring substituents is 1. The first-order valence-corrected chi connectivity index (χ1v) is 9.81. The SMILES string of the molecule is CCCCC1(CC)CO[P](O)(Cc2ccc([N+](=O)[O-])cc2)OC1. The normalized spacial score (nSPS) is 27.8. The number of benzene rings is 1. The Bertz CT molecular complexity index is 526. The molecule has 0 saturated carbocycles. The maximum Gasteiger partial charge on any atom is 0.269 e. The van der Waals surface area contributed by atoms with Gasteiger partial charge >= 0.3 is 0 Å². The van der Waals surface area contributed by atoms with Gasteiger partial charge in [-0.1, -0.05) is 38.8 Å². The number of hydrogen-bond acceptors (Lipinski definition) is 5. The van der Waals surface area contributed by atoms with Crippen molar-refractivity contribution in [1.82, 2.24) is 0 Å². The van der Waals surface area contributed by atoms with E-state index in [1.165, 1.54) is 12.1 Å². The van der Waals surface area contributed by atoms with Gasteiger partial charge in [-0.25, -0.2) is 0 Å². The molecule has 2 rings (SSSR count). The van der Waals surface area contributed by atoms with Crippen molar-refractivity contribution in [3.05, 3.63) is 39.9 Å². The van der Waals surface area contributed by atoms with Gasteiger partial charge in [0.15, 0.2) is 0 Å². The van der Waals surface area contributed by atoms with Crippen molar-refractivity contribution in [3.63, 3.8) is 0 Å². The molecule has 1 saturated heterocycles. The van der Waals surface area contributed by atoms with Crippen molar-refractivity contribution in [2.45, 2.75) is 45.7 Å². The van der Waals surface area contributed by atoms with E-state index in [9.17, 15) is 15.0 Å². The lowest BCUT2D eigenvalue weighted by molar-refractivity contribution is -0.384. The Hall–Kier alpha value is -1.07. The molecule has 0 atom stereocenters. The summed E-state index contributed by atoms with van der Waals surface area (Å²) in [5.41, 5.74) is 0.815. The number of unbranched alkanes of at least 4 members (excludes halogenated alkanes) is 1. The van der Waals surface area contributed by atoms with Crippen LogP contribution < -0.4 is 0 Å². The van der Waals surface area contributed by atoms with Crippen molar-refractivity contribution in [2.24, 2.45) is 5.41 Å². The molecule has 1 aromatic carbocycles. The molecule has 0 bridgehead atoms. The van der Waals surface area contributed by atoms with Crippen LogP contribution in [-0.2, 0) is 15.2 Å². The Morgan fingerprint density at radius 1 is 1.26 bits per heavy atom. The van der Waals surface area contributed by atoms with Crippen molar-refractivity contribution >= 4 is 13.6 Å². The Morgan fingerprint density at radius 2 is 1.87 bits per heavy atom. The summed E-state index contributed by atoms with van der Waals surface area (Å²) in [4.78, 5) is 20.8. The van der Waals surface area contributed by atoms with Crippen molar-refractivity contribution in [2.75, 3.05) is 13.2 Å². The van der Waals surface area contributed by atoms with Crippen LogP contribution in [0.15, 0.2) is 24.3 Å². The predicted molar refractivity (Wildman–Crippen MR) is 90.1 cm³/mol. The molecule has 1 radical (unpaired) electrons. The highest BCUT2D eigenvalue weighted by molar-refractivity contribution is 7.59. The molecule has 0 spiro atoms. The Morgan fingerprint density at radius 3 is 2.35 bits per heavy atom. The predicted octanol–water partition coefficient (Wildman–Crippen LogP) is 4.48. The summed E-state index contributed by atoms with van der Waals surface area (Å²) in [7, 11) is -2.92. The summed E-state index contributed by atoms with van der Waals surface area (Å²) in [6, 6.07) is 6.15. The smallest absolute Gasteiger partial charge is 0.269 e. The summed E-state index contributed by atoms with van der Waals surface area (Å²) in [5, 5.41) is 10.7. The van der Waals surface area contributed by atoms with Crippen LogP contribution in [0, 0.1) is 15.5 Å². The van der Waals surface area contributed by atoms with Gasteiger partial charge in [0.1, 0.15) is 0 Å². The highest BCUT2D eigenvalue weighted by Gasteiger charge is 2.41. The summed E-state index contributed by atoms with van der Waals surface area (Å²) < 4.78 is 11.5. The second-order valence-electron chi connectivity index (χ2n) is 6.22. The lowest BCUT2D eigenvalue weighted by Gasteiger charge is -2.44. The molecule has 1 aliphatic rings. The largest absolute Gasteiger partial charge is 0.335 e. The number of rotatable bonds is 7. The van der Waals surface area contributed by atoms with Crippen LogP contribution in [-0.4, -0.2) is 23.0 Å². The van der Waals surface area contributed by atoms with Crippen LogP contribution in [0.1, 0.15) is 45.1 Å². The van der Waals surface area contributed by atoms with Gasteiger partial charge in [0.25, 0.3) is 5.69 Å². The van der Waals surface area contributed by atoms with Crippen molar-refractivity contribution in [1.29, 1.82) is 0 Å². The summed E-state index contributed by atoms with van der Waals surface area (Å²) >= 11 is 0. The van der Waals surface area contributed by atoms with Gasteiger partial charge < -0.3 is 13.9 Å². The van der Waals surface area contributed by atoms with Gasteiger partial charge in [-0.2, -0.15) is 0 Å². The van der Waals surface area contributed by atoms with Gasteiger partial charge in [-0.3, -0.25) is 10.1 Å². The van der Waals surface area contributed by atoms with Crippen molar-refractivity contribution < 1.29 is 18.9 Å². The molecule has 0 unspecified atom stereocenters. The first-order chi connectivity index (χ1) is 10.9. The Labute approximate surface area is 137 Å². The zero-order chi connectivity index (χ0) is 16.9. The van der Waals surface area contributed by atoms with E-state index in [2.05, 4.69) is 13.8 Å². The van der Waals surface area contributed by atoms with Gasteiger partial charge in [-0.15, -0.1) is 0 Å². The topological polar surface area (TPSA) is 81.8 Å². The van der Waals surface area contributed by atoms with Crippen LogP contribution in [0.4, 0.5) is 5.69 Å². The molecule has 0 aromatic heterocycles. The molecule has 1 aromatic rings. The van der Waals surface area contributed by atoms with E-state index in [0.717, 1.165) is 31.2 Å². The van der Waals surface area contributed by atoms with E-state index in [1.807, 2.05) is 0 Å². The zero-order valence-corrected chi connectivity index (χ0v) is 14.6. The molecule has 129 valence electrons. The highest BCUT2D eigenvalue weighted by Crippen LogP contribution is 2.64. The third-order valence-corrected chi connectivity index (χ3v) is 6.32. The molecular weight excluding hydrogens is 317 g/mol. The monoisotopic (exact) mass is 342 g/mol. The third-order valence-electron chi connectivity index (χ3n) is 4.49. The van der Waals surface area contributed by atoms with E-state index >= 15 is 0 Å². The minimum absolute atomic E-state index is 0.00227. The number of nitrogens with zero attached hydrogens (tertiary/aromatic N) is 1. The Balaban J connectivity index is 1.97. The summed E-state index contributed by atoms with van der Waals surface area (Å²) in [6.45, 7) is 5.31. The average Bonchev–Trinajstić information content (AvgIpc) is 2.55. The second-order valence-corrected chi connectivity index (χ2v) is 8.33. The molecule has 6 nitrogen and oxygen atoms in total. The standard InChI is InChI=1S/C16H25NO5P/c1-3-5-10-16(4-2)12-21-23(20,22-13-16)11-14-6-8-15(9-7-14)17(18)19/h6-9,20H,3-5,10-13H2,1-2H3. The van der Waals surface area contributed by atoms with Gasteiger partial charge in [0.2, 0.25) is 7.94 Å². The maximum atomic E-state index is 10.7. The maximum absolute atomic E-state index is 10.7. The number of non-ortho nitro benzene ring substituents is 1. The van der Waals surface area contributed by atoms with Crippen LogP contribution in [0.3, 0.4) is 0 Å². The number of hydrogen-bond donors (Lipinski definition) is 1. The quantitative estimate of drug-likeness (QED) is 0.449. The summed E-state index contributed by atoms with van der Waals surface area (Å²) in [6.07, 6.45) is 4.52. The molecule has 23 heavy (non-hydrogen) atoms. The molecule has 1 heterocycles. The second kappa shape index (κ2) is 7.67. The van der Waals surface area contributed by atoms with E-state index in [-0.39, 0.29) is 17.3 Å². The zero-order valence-electron chi connectivity index (χ0n) is 13.7. The van der Waals surface area contributed by atoms with E-state index in [4.69, 9.17) is 9.05 Å². The minimum Gasteiger partial charge on any atom is -0.335 e. The molecule has 7 heteroatoms. The van der Waals surface area contributed by atoms with Crippen molar-refractivity contribution in [3.8, 4) is 0 Å². The minimum atomic E-state index is -2.92. The third kappa shape index (κ3) is 4.70. The van der Waals surface area contributed by atoms with Gasteiger partial charge in [0, 0.05) is 17.5 Å². The van der Waals surface area contributed by atoms with Crippen LogP contribution in [0.5, 0.6) is 0 Å². The molecule has 1 fully saturated rings. The fourth-order valence-corrected chi connectivity index (χ4v) is 4.56. The molecule has 1 aliphatic heterocycles. The fraction of sp³-hybridized carbons (Fsp3) is 0.625. The Kier molecular flexibility index (Phi) is 6.09. The lowest BCUT2D eigenvalue weighted by atomic mass is 9.82. The summed E-state index contributed by atoms with van der Waals surface area (Å²) in [5.74, 6) is 0. The molecule has 0 aliphatic carbocycles. The molecular formula is C16H25NO5P. The van der Waals surface area contributed by atoms with Gasteiger partial charge in [-0.05, 0) is 18.4 Å². The fourth-order valence-electron chi connectivity index (χ4n) is 2.68. The average molecular weight is 342 g/mol. The van der Waals surface area contributed by atoms with Crippen LogP contribution >= 0.6 is 7.94 Å². The number of nitro groups is 1.